The first-order valence-electron chi connectivity index (χ1n) is 27.1. The van der Waals surface area contributed by atoms with Crippen molar-refractivity contribution in [3.8, 4) is 0 Å². The van der Waals surface area contributed by atoms with E-state index in [4.69, 9.17) is 9.05 Å². The number of aliphatic hydroxyl groups is 1. The molecule has 380 valence electrons. The lowest BCUT2D eigenvalue weighted by Gasteiger charge is -2.30. The van der Waals surface area contributed by atoms with Crippen molar-refractivity contribution in [2.45, 2.75) is 251 Å². The SMILES string of the molecule is CC/C=C\C/C=C\C/C=C\C/C=C\C/C=C\CCCCCCCCCCCCCCCC(=O)NC(COP(=O)([O-])OCC[N+](C)(C)C)C(O)CCCCCCCCCCCCCCCC. The van der Waals surface area contributed by atoms with Gasteiger partial charge in [-0.25, -0.2) is 0 Å². The fraction of sp³-hybridized carbons (Fsp3) is 0.804. The van der Waals surface area contributed by atoms with Crippen LogP contribution in [0.4, 0.5) is 0 Å². The Labute approximate surface area is 402 Å². The molecule has 0 radical (unpaired) electrons. The summed E-state index contributed by atoms with van der Waals surface area (Å²) in [6.07, 6.45) is 62.4. The average molecular weight is 933 g/mol. The summed E-state index contributed by atoms with van der Waals surface area (Å²) in [4.78, 5) is 25.5. The minimum atomic E-state index is -4.57. The van der Waals surface area contributed by atoms with Crippen LogP contribution >= 0.6 is 7.82 Å². The second-order valence-electron chi connectivity index (χ2n) is 19.6. The van der Waals surface area contributed by atoms with Gasteiger partial charge in [0.05, 0.1) is 39.9 Å². The number of carbonyl (C=O) groups excluding carboxylic acids is 1. The van der Waals surface area contributed by atoms with Crippen LogP contribution in [0.15, 0.2) is 60.8 Å². The van der Waals surface area contributed by atoms with E-state index in [9.17, 15) is 19.4 Å². The summed E-state index contributed by atoms with van der Waals surface area (Å²) in [5, 5.41) is 14.0. The Morgan fingerprint density at radius 1 is 0.554 bits per heavy atom. The summed E-state index contributed by atoms with van der Waals surface area (Å²) >= 11 is 0. The van der Waals surface area contributed by atoms with Crippen molar-refractivity contribution in [1.29, 1.82) is 0 Å². The van der Waals surface area contributed by atoms with Crippen molar-refractivity contribution in [2.75, 3.05) is 40.9 Å². The zero-order chi connectivity index (χ0) is 47.8. The maximum atomic E-state index is 13.0. The highest BCUT2D eigenvalue weighted by molar-refractivity contribution is 7.45. The van der Waals surface area contributed by atoms with E-state index in [1.54, 1.807) is 0 Å². The van der Waals surface area contributed by atoms with E-state index in [0.717, 1.165) is 70.6 Å². The molecule has 0 aliphatic heterocycles. The minimum Gasteiger partial charge on any atom is -0.756 e. The van der Waals surface area contributed by atoms with Gasteiger partial charge in [-0.2, -0.15) is 0 Å². The average Bonchev–Trinajstić information content (AvgIpc) is 3.26. The Balaban J connectivity index is 4.13. The molecule has 0 rings (SSSR count). The Morgan fingerprint density at radius 2 is 0.938 bits per heavy atom. The fourth-order valence-corrected chi connectivity index (χ4v) is 8.50. The number of phosphoric ester groups is 1. The molecule has 8 nitrogen and oxygen atoms in total. The molecule has 0 aromatic carbocycles. The van der Waals surface area contributed by atoms with Gasteiger partial charge in [0.2, 0.25) is 5.91 Å². The van der Waals surface area contributed by atoms with Crippen molar-refractivity contribution in [1.82, 2.24) is 5.32 Å². The lowest BCUT2D eigenvalue weighted by Crippen LogP contribution is -2.46. The normalized spacial score (nSPS) is 14.5. The Kier molecular flexibility index (Phi) is 46.0. The van der Waals surface area contributed by atoms with Crippen molar-refractivity contribution < 1.29 is 32.9 Å². The van der Waals surface area contributed by atoms with Crippen molar-refractivity contribution in [2.24, 2.45) is 0 Å². The molecule has 65 heavy (non-hydrogen) atoms. The number of nitrogens with zero attached hydrogens (tertiary/aromatic N) is 1. The van der Waals surface area contributed by atoms with Crippen LogP contribution in [0.5, 0.6) is 0 Å². The summed E-state index contributed by atoms with van der Waals surface area (Å²) in [6, 6.07) is -0.802. The van der Waals surface area contributed by atoms with Crippen molar-refractivity contribution in [3.63, 3.8) is 0 Å². The number of hydrogen-bond donors (Lipinski definition) is 2. The maximum absolute atomic E-state index is 13.0. The van der Waals surface area contributed by atoms with Gasteiger partial charge in [-0.05, 0) is 57.8 Å². The lowest BCUT2D eigenvalue weighted by atomic mass is 10.0. The van der Waals surface area contributed by atoms with Gasteiger partial charge in [0, 0.05) is 6.42 Å². The molecule has 2 N–H and O–H groups in total. The molecule has 1 amide bonds. The number of aliphatic hydroxyl groups excluding tert-OH is 1. The number of likely N-dealkylation sites (N-methyl/N-ethyl adjacent to an activating group) is 1. The molecule has 0 spiro atoms. The molecule has 0 aliphatic rings. The Bertz CT molecular complexity index is 1240. The quantitative estimate of drug-likeness (QED) is 0.0272. The molecule has 0 saturated heterocycles. The molecule has 0 saturated carbocycles. The second-order valence-corrected chi connectivity index (χ2v) is 21.0. The van der Waals surface area contributed by atoms with Crippen LogP contribution in [0, 0.1) is 0 Å². The smallest absolute Gasteiger partial charge is 0.268 e. The largest absolute Gasteiger partial charge is 0.756 e. The third kappa shape index (κ3) is 49.9. The predicted molar refractivity (Wildman–Crippen MR) is 279 cm³/mol. The van der Waals surface area contributed by atoms with E-state index in [-0.39, 0.29) is 19.1 Å². The summed E-state index contributed by atoms with van der Waals surface area (Å²) in [5.41, 5.74) is 0. The molecule has 0 aromatic heterocycles. The number of unbranched alkanes of at least 4 members (excludes halogenated alkanes) is 26. The Morgan fingerprint density at radius 3 is 1.37 bits per heavy atom. The summed E-state index contributed by atoms with van der Waals surface area (Å²) in [7, 11) is 1.30. The molecule has 0 aliphatic carbocycles. The van der Waals surface area contributed by atoms with Crippen LogP contribution in [0.3, 0.4) is 0 Å². The molecule has 0 heterocycles. The summed E-state index contributed by atoms with van der Waals surface area (Å²) in [5.74, 6) is -0.167. The first-order chi connectivity index (χ1) is 31.5. The van der Waals surface area contributed by atoms with Gasteiger partial charge in [-0.15, -0.1) is 0 Å². The third-order valence-corrected chi connectivity index (χ3v) is 13.0. The molecule has 0 bridgehead atoms. The van der Waals surface area contributed by atoms with Gasteiger partial charge in [0.1, 0.15) is 13.2 Å². The highest BCUT2D eigenvalue weighted by Gasteiger charge is 2.24. The van der Waals surface area contributed by atoms with Gasteiger partial charge >= 0.3 is 0 Å². The van der Waals surface area contributed by atoms with Crippen LogP contribution in [-0.2, 0) is 18.4 Å². The van der Waals surface area contributed by atoms with E-state index in [1.807, 2.05) is 21.1 Å². The molecule has 0 fully saturated rings. The zero-order valence-corrected chi connectivity index (χ0v) is 44.1. The van der Waals surface area contributed by atoms with E-state index >= 15 is 0 Å². The summed E-state index contributed by atoms with van der Waals surface area (Å²) < 4.78 is 23.4. The Hall–Kier alpha value is -1.80. The van der Waals surface area contributed by atoms with Gasteiger partial charge in [0.25, 0.3) is 7.82 Å². The van der Waals surface area contributed by atoms with Gasteiger partial charge < -0.3 is 28.8 Å². The van der Waals surface area contributed by atoms with E-state index in [0.29, 0.717) is 23.9 Å². The van der Waals surface area contributed by atoms with Gasteiger partial charge in [-0.1, -0.05) is 235 Å². The van der Waals surface area contributed by atoms with E-state index in [1.165, 1.54) is 141 Å². The molecule has 3 unspecified atom stereocenters. The third-order valence-electron chi connectivity index (χ3n) is 12.0. The predicted octanol–water partition coefficient (Wildman–Crippen LogP) is 15.5. The van der Waals surface area contributed by atoms with Crippen molar-refractivity contribution in [3.05, 3.63) is 60.8 Å². The zero-order valence-electron chi connectivity index (χ0n) is 43.2. The first kappa shape index (κ1) is 63.2. The number of nitrogens with one attached hydrogen (secondary N) is 1. The van der Waals surface area contributed by atoms with Crippen LogP contribution in [0.1, 0.15) is 239 Å². The molecular weight excluding hydrogens is 828 g/mol. The highest BCUT2D eigenvalue weighted by Crippen LogP contribution is 2.38. The number of allylic oxidation sites excluding steroid dienone is 10. The number of phosphoric acid groups is 1. The van der Waals surface area contributed by atoms with Crippen molar-refractivity contribution >= 4 is 13.7 Å². The maximum Gasteiger partial charge on any atom is 0.268 e. The van der Waals surface area contributed by atoms with E-state index < -0.39 is 20.0 Å². The molecule has 0 aromatic rings. The lowest BCUT2D eigenvalue weighted by molar-refractivity contribution is -0.870. The monoisotopic (exact) mass is 933 g/mol. The number of quaternary nitrogens is 1. The van der Waals surface area contributed by atoms with Crippen LogP contribution < -0.4 is 10.2 Å². The number of carbonyl (C=O) groups is 1. The topological polar surface area (TPSA) is 108 Å². The van der Waals surface area contributed by atoms with Gasteiger partial charge in [-0.3, -0.25) is 9.36 Å². The van der Waals surface area contributed by atoms with Crippen LogP contribution in [0.2, 0.25) is 0 Å². The standard InChI is InChI=1S/C56H105N2O6P/c1-6-8-10-12-14-16-18-20-22-23-24-25-26-27-28-29-30-31-32-33-34-35-36-38-40-42-44-46-48-50-56(60)57-54(53-64-65(61,62)63-52-51-58(3,4)5)55(59)49-47-45-43-41-39-37-21-19-17-15-13-11-9-7-2/h8,10,14,16,20,22,24-25,27-28,54-55,59H,6-7,9,11-13,15,17-19,21,23,26,29-53H2,1-5H3,(H-,57,60,61,62)/b10-8-,16-14-,22-20-,25-24-,28-27-. The van der Waals surface area contributed by atoms with E-state index in [2.05, 4.69) is 79.9 Å². The molecule has 9 heteroatoms. The molecule has 3 atom stereocenters. The number of rotatable bonds is 49. The van der Waals surface area contributed by atoms with Gasteiger partial charge in [0.15, 0.2) is 0 Å². The molecular formula is C56H105N2O6P. The highest BCUT2D eigenvalue weighted by atomic mass is 31.2. The van der Waals surface area contributed by atoms with Crippen LogP contribution in [-0.4, -0.2) is 68.5 Å². The fourth-order valence-electron chi connectivity index (χ4n) is 7.77. The number of hydrogen-bond acceptors (Lipinski definition) is 6. The summed E-state index contributed by atoms with van der Waals surface area (Å²) in [6.45, 7) is 4.61. The number of amides is 1. The minimum absolute atomic E-state index is 0.0107. The van der Waals surface area contributed by atoms with Crippen LogP contribution in [0.25, 0.3) is 0 Å². The first-order valence-corrected chi connectivity index (χ1v) is 28.6. The second kappa shape index (κ2) is 47.3.